The van der Waals surface area contributed by atoms with Crippen LogP contribution < -0.4 is 4.43 Å². The summed E-state index contributed by atoms with van der Waals surface area (Å²) in [4.78, 5) is 10.8. The van der Waals surface area contributed by atoms with E-state index in [-0.39, 0.29) is 16.9 Å². The summed E-state index contributed by atoms with van der Waals surface area (Å²) in [6, 6.07) is 0.893. The van der Waals surface area contributed by atoms with Gasteiger partial charge in [-0.15, -0.1) is 0 Å². The Balaban J connectivity index is 3.58. The standard InChI is InChI=1S/C13H18F2O2Si/c1-13(2,3)10-11(15)8(7-16)6-9(14)12(10)17-18(4)5/h6-7,18H,1-5H3. The fraction of sp³-hybridized carbons (Fsp3) is 0.462. The molecule has 1 aromatic rings. The molecule has 100 valence electrons. The lowest BCUT2D eigenvalue weighted by Gasteiger charge is -2.25. The largest absolute Gasteiger partial charge is 0.545 e. The molecule has 0 radical (unpaired) electrons. The van der Waals surface area contributed by atoms with E-state index in [0.717, 1.165) is 6.07 Å². The molecule has 0 N–H and O–H groups in total. The lowest BCUT2D eigenvalue weighted by Crippen LogP contribution is -2.22. The Kier molecular flexibility index (Phi) is 4.27. The quantitative estimate of drug-likeness (QED) is 0.622. The van der Waals surface area contributed by atoms with E-state index >= 15 is 0 Å². The summed E-state index contributed by atoms with van der Waals surface area (Å²) in [7, 11) is -1.57. The lowest BCUT2D eigenvalue weighted by molar-refractivity contribution is 0.111. The third-order valence-corrected chi connectivity index (χ3v) is 3.14. The van der Waals surface area contributed by atoms with Crippen LogP contribution in [0.3, 0.4) is 0 Å². The van der Waals surface area contributed by atoms with Gasteiger partial charge in [0, 0.05) is 5.56 Å². The number of carbonyl (C=O) groups is 1. The highest BCUT2D eigenvalue weighted by Gasteiger charge is 2.29. The molecule has 18 heavy (non-hydrogen) atoms. The van der Waals surface area contributed by atoms with Crippen molar-refractivity contribution in [3.8, 4) is 5.75 Å². The Bertz CT molecular complexity index is 465. The van der Waals surface area contributed by atoms with E-state index in [0.29, 0.717) is 6.29 Å². The van der Waals surface area contributed by atoms with Crippen molar-refractivity contribution in [1.29, 1.82) is 0 Å². The van der Waals surface area contributed by atoms with E-state index in [9.17, 15) is 13.6 Å². The predicted molar refractivity (Wildman–Crippen MR) is 70.0 cm³/mol. The van der Waals surface area contributed by atoms with Crippen molar-refractivity contribution in [3.05, 3.63) is 28.8 Å². The molecule has 1 rings (SSSR count). The van der Waals surface area contributed by atoms with E-state index in [1.165, 1.54) is 0 Å². The maximum Gasteiger partial charge on any atom is 0.229 e. The monoisotopic (exact) mass is 272 g/mol. The molecule has 5 heteroatoms. The fourth-order valence-electron chi connectivity index (χ4n) is 1.74. The van der Waals surface area contributed by atoms with Crippen molar-refractivity contribution >= 4 is 15.3 Å². The number of benzene rings is 1. The zero-order valence-corrected chi connectivity index (χ0v) is 12.5. The fourth-order valence-corrected chi connectivity index (χ4v) is 2.44. The number of aldehydes is 1. The van der Waals surface area contributed by atoms with Crippen molar-refractivity contribution in [2.24, 2.45) is 0 Å². The van der Waals surface area contributed by atoms with Crippen LogP contribution in [0, 0.1) is 11.6 Å². The molecule has 0 aliphatic carbocycles. The van der Waals surface area contributed by atoms with Crippen molar-refractivity contribution in [2.75, 3.05) is 0 Å². The molecule has 0 heterocycles. The van der Waals surface area contributed by atoms with Gasteiger partial charge in [-0.1, -0.05) is 20.8 Å². The SMILES string of the molecule is C[SiH](C)Oc1c(F)cc(C=O)c(F)c1C(C)(C)C. The summed E-state index contributed by atoms with van der Waals surface area (Å²) < 4.78 is 33.6. The maximum absolute atomic E-state index is 14.2. The molecular formula is C13H18F2O2Si. The average Bonchev–Trinajstić information content (AvgIpc) is 2.20. The molecule has 0 spiro atoms. The van der Waals surface area contributed by atoms with Crippen molar-refractivity contribution in [3.63, 3.8) is 0 Å². The zero-order chi connectivity index (χ0) is 14.1. The van der Waals surface area contributed by atoms with Crippen LogP contribution in [-0.2, 0) is 5.41 Å². The summed E-state index contributed by atoms with van der Waals surface area (Å²) in [6.07, 6.45) is 0.324. The summed E-state index contributed by atoms with van der Waals surface area (Å²) in [5.41, 5.74) is -0.774. The minimum absolute atomic E-state index is 0.0488. The summed E-state index contributed by atoms with van der Waals surface area (Å²) in [5, 5.41) is 0. The van der Waals surface area contributed by atoms with Gasteiger partial charge in [-0.25, -0.2) is 8.78 Å². The highest BCUT2D eigenvalue weighted by molar-refractivity contribution is 6.49. The van der Waals surface area contributed by atoms with Gasteiger partial charge < -0.3 is 4.43 Å². The molecule has 0 fully saturated rings. The second kappa shape index (κ2) is 5.18. The van der Waals surface area contributed by atoms with Gasteiger partial charge in [0.15, 0.2) is 12.1 Å². The Morgan fingerprint density at radius 2 is 1.83 bits per heavy atom. The van der Waals surface area contributed by atoms with Crippen molar-refractivity contribution in [1.82, 2.24) is 0 Å². The number of halogens is 2. The number of carbonyl (C=O) groups excluding carboxylic acids is 1. The lowest BCUT2D eigenvalue weighted by atomic mass is 9.84. The first-order chi connectivity index (χ1) is 8.18. The molecule has 0 aromatic heterocycles. The molecular weight excluding hydrogens is 254 g/mol. The molecule has 2 nitrogen and oxygen atoms in total. The van der Waals surface area contributed by atoms with Gasteiger partial charge >= 0.3 is 0 Å². The van der Waals surface area contributed by atoms with Gasteiger partial charge in [0.05, 0.1) is 5.56 Å². The van der Waals surface area contributed by atoms with Gasteiger partial charge in [-0.3, -0.25) is 4.79 Å². The van der Waals surface area contributed by atoms with Gasteiger partial charge in [-0.05, 0) is 24.6 Å². The third-order valence-electron chi connectivity index (χ3n) is 2.43. The molecule has 0 unspecified atom stereocenters. The van der Waals surface area contributed by atoms with Crippen LogP contribution in [0.15, 0.2) is 6.07 Å². The van der Waals surface area contributed by atoms with Crippen LogP contribution in [-0.4, -0.2) is 15.3 Å². The highest BCUT2D eigenvalue weighted by atomic mass is 28.3. The van der Waals surface area contributed by atoms with Crippen LogP contribution in [0.4, 0.5) is 8.78 Å². The Hall–Kier alpha value is -1.23. The maximum atomic E-state index is 14.2. The smallest absolute Gasteiger partial charge is 0.229 e. The zero-order valence-electron chi connectivity index (χ0n) is 11.3. The van der Waals surface area contributed by atoms with Crippen LogP contribution in [0.5, 0.6) is 5.75 Å². The van der Waals surface area contributed by atoms with E-state index in [1.807, 2.05) is 13.1 Å². The topological polar surface area (TPSA) is 26.3 Å². The Morgan fingerprint density at radius 1 is 1.28 bits per heavy atom. The van der Waals surface area contributed by atoms with E-state index in [4.69, 9.17) is 4.43 Å². The first-order valence-corrected chi connectivity index (χ1v) is 8.61. The molecule has 0 bridgehead atoms. The minimum Gasteiger partial charge on any atom is -0.545 e. The van der Waals surface area contributed by atoms with Crippen LogP contribution in [0.1, 0.15) is 36.7 Å². The minimum atomic E-state index is -1.57. The normalized spacial score (nSPS) is 11.8. The molecule has 0 aliphatic heterocycles. The van der Waals surface area contributed by atoms with Gasteiger partial charge in [-0.2, -0.15) is 0 Å². The predicted octanol–water partition coefficient (Wildman–Crippen LogP) is 3.44. The van der Waals surface area contributed by atoms with Crippen LogP contribution >= 0.6 is 0 Å². The molecule has 0 saturated heterocycles. The summed E-state index contributed by atoms with van der Waals surface area (Å²) in [5.74, 6) is -1.42. The van der Waals surface area contributed by atoms with E-state index in [2.05, 4.69) is 0 Å². The molecule has 0 aliphatic rings. The summed E-state index contributed by atoms with van der Waals surface area (Å²) >= 11 is 0. The molecule has 0 atom stereocenters. The van der Waals surface area contributed by atoms with Crippen LogP contribution in [0.25, 0.3) is 0 Å². The van der Waals surface area contributed by atoms with E-state index < -0.39 is 26.1 Å². The molecule has 1 aromatic carbocycles. The van der Waals surface area contributed by atoms with Gasteiger partial charge in [0.2, 0.25) is 9.04 Å². The second-order valence-corrected chi connectivity index (χ2v) is 7.83. The summed E-state index contributed by atoms with van der Waals surface area (Å²) in [6.45, 7) is 9.02. The number of hydrogen-bond donors (Lipinski definition) is 0. The Morgan fingerprint density at radius 3 is 2.22 bits per heavy atom. The van der Waals surface area contributed by atoms with Gasteiger partial charge in [0.25, 0.3) is 0 Å². The van der Waals surface area contributed by atoms with Crippen LogP contribution in [0.2, 0.25) is 13.1 Å². The van der Waals surface area contributed by atoms with E-state index in [1.54, 1.807) is 20.8 Å². The molecule has 0 saturated carbocycles. The van der Waals surface area contributed by atoms with Crippen molar-refractivity contribution in [2.45, 2.75) is 39.3 Å². The average molecular weight is 272 g/mol. The Labute approximate surface area is 108 Å². The van der Waals surface area contributed by atoms with Crippen molar-refractivity contribution < 1.29 is 18.0 Å². The number of rotatable bonds is 3. The first kappa shape index (κ1) is 14.8. The van der Waals surface area contributed by atoms with Gasteiger partial charge in [0.1, 0.15) is 11.6 Å². The number of hydrogen-bond acceptors (Lipinski definition) is 2. The second-order valence-electron chi connectivity index (χ2n) is 5.50. The third kappa shape index (κ3) is 2.96. The highest BCUT2D eigenvalue weighted by Crippen LogP contribution is 2.37. The first-order valence-electron chi connectivity index (χ1n) is 5.82. The molecule has 0 amide bonds.